The van der Waals surface area contributed by atoms with Crippen LogP contribution in [-0.4, -0.2) is 48.5 Å². The fourth-order valence-electron chi connectivity index (χ4n) is 2.37. The van der Waals surface area contributed by atoms with Crippen LogP contribution in [0.5, 0.6) is 11.5 Å². The molecular formula is C19H23NO5S2. The summed E-state index contributed by atoms with van der Waals surface area (Å²) in [4.78, 5) is 25.8. The van der Waals surface area contributed by atoms with E-state index in [0.29, 0.717) is 27.3 Å². The van der Waals surface area contributed by atoms with Gasteiger partial charge in [0.2, 0.25) is 0 Å². The van der Waals surface area contributed by atoms with Gasteiger partial charge in [-0.1, -0.05) is 43.4 Å². The fourth-order valence-corrected chi connectivity index (χ4v) is 3.68. The Morgan fingerprint density at radius 3 is 2.74 bits per heavy atom. The molecule has 1 aliphatic rings. The van der Waals surface area contributed by atoms with E-state index in [-0.39, 0.29) is 24.8 Å². The molecule has 0 saturated carbocycles. The fraction of sp³-hybridized carbons (Fsp3) is 0.421. The van der Waals surface area contributed by atoms with Crippen molar-refractivity contribution in [1.82, 2.24) is 4.90 Å². The van der Waals surface area contributed by atoms with E-state index in [2.05, 4.69) is 11.7 Å². The summed E-state index contributed by atoms with van der Waals surface area (Å²) in [6.07, 6.45) is 3.89. The van der Waals surface area contributed by atoms with E-state index in [9.17, 15) is 9.59 Å². The number of carbonyl (C=O) groups is 2. The highest BCUT2D eigenvalue weighted by Crippen LogP contribution is 2.34. The number of carbonyl (C=O) groups excluding carboxylic acids is 2. The van der Waals surface area contributed by atoms with Crippen LogP contribution in [0.15, 0.2) is 23.1 Å². The van der Waals surface area contributed by atoms with Crippen LogP contribution in [0.25, 0.3) is 6.08 Å². The molecule has 27 heavy (non-hydrogen) atoms. The molecule has 1 aliphatic heterocycles. The number of unbranched alkanes of at least 4 members (excludes halogenated alkanes) is 1. The quantitative estimate of drug-likeness (QED) is 0.267. The third-order valence-corrected chi connectivity index (χ3v) is 5.26. The maximum Gasteiger partial charge on any atom is 0.307 e. The van der Waals surface area contributed by atoms with Crippen molar-refractivity contribution >= 4 is 46.3 Å². The maximum absolute atomic E-state index is 12.6. The molecule has 0 radical (unpaired) electrons. The molecule has 0 aromatic heterocycles. The van der Waals surface area contributed by atoms with E-state index >= 15 is 0 Å². The first kappa shape index (κ1) is 21.2. The van der Waals surface area contributed by atoms with Crippen molar-refractivity contribution in [2.75, 3.05) is 27.4 Å². The zero-order chi connectivity index (χ0) is 19.8. The first-order valence-corrected chi connectivity index (χ1v) is 9.85. The van der Waals surface area contributed by atoms with Gasteiger partial charge in [0, 0.05) is 6.54 Å². The number of nitrogens with zero attached hydrogens (tertiary/aromatic N) is 1. The Kier molecular flexibility index (Phi) is 8.12. The van der Waals surface area contributed by atoms with Crippen LogP contribution in [0, 0.1) is 0 Å². The number of methoxy groups -OCH3 is 2. The molecule has 1 aromatic carbocycles. The Hall–Kier alpha value is -2.06. The zero-order valence-corrected chi connectivity index (χ0v) is 17.3. The van der Waals surface area contributed by atoms with E-state index in [1.54, 1.807) is 13.2 Å². The topological polar surface area (TPSA) is 65.1 Å². The Morgan fingerprint density at radius 1 is 1.30 bits per heavy atom. The van der Waals surface area contributed by atoms with Crippen molar-refractivity contribution in [3.05, 3.63) is 28.7 Å². The van der Waals surface area contributed by atoms with Gasteiger partial charge >= 0.3 is 5.97 Å². The lowest BCUT2D eigenvalue weighted by atomic mass is 10.2. The van der Waals surface area contributed by atoms with Crippen molar-refractivity contribution < 1.29 is 23.8 Å². The molecule has 146 valence electrons. The number of esters is 1. The number of thiocarbonyl (C=S) groups is 1. The number of ether oxygens (including phenoxy) is 3. The van der Waals surface area contributed by atoms with Gasteiger partial charge in [0.25, 0.3) is 5.91 Å². The van der Waals surface area contributed by atoms with Crippen LogP contribution in [-0.2, 0) is 14.3 Å². The van der Waals surface area contributed by atoms with Crippen LogP contribution in [0.3, 0.4) is 0 Å². The molecule has 0 aliphatic carbocycles. The minimum absolute atomic E-state index is 0.105. The van der Waals surface area contributed by atoms with Gasteiger partial charge in [0.15, 0.2) is 11.5 Å². The van der Waals surface area contributed by atoms with Gasteiger partial charge in [-0.05, 0) is 30.2 Å². The number of hydrogen-bond acceptors (Lipinski definition) is 7. The largest absolute Gasteiger partial charge is 0.493 e. The highest BCUT2D eigenvalue weighted by molar-refractivity contribution is 8.26. The van der Waals surface area contributed by atoms with Crippen LogP contribution in [0.2, 0.25) is 0 Å². The predicted octanol–water partition coefficient (Wildman–Crippen LogP) is 3.64. The lowest BCUT2D eigenvalue weighted by Gasteiger charge is -2.13. The number of hydrogen-bond donors (Lipinski definition) is 0. The molecule has 1 saturated heterocycles. The van der Waals surface area contributed by atoms with E-state index < -0.39 is 0 Å². The van der Waals surface area contributed by atoms with Gasteiger partial charge in [0.05, 0.1) is 32.2 Å². The third kappa shape index (κ3) is 5.71. The van der Waals surface area contributed by atoms with Crippen molar-refractivity contribution in [3.63, 3.8) is 0 Å². The normalized spacial score (nSPS) is 15.4. The van der Waals surface area contributed by atoms with Crippen molar-refractivity contribution in [1.29, 1.82) is 0 Å². The Morgan fingerprint density at radius 2 is 2.07 bits per heavy atom. The Bertz CT molecular complexity index is 748. The number of benzene rings is 1. The molecule has 0 atom stereocenters. The SMILES string of the molecule is CCCCOc1ccc(C=C2SC(=S)N(CCC(=O)OC)C2=O)cc1OC. The smallest absolute Gasteiger partial charge is 0.307 e. The van der Waals surface area contributed by atoms with Crippen LogP contribution in [0.1, 0.15) is 31.7 Å². The number of rotatable bonds is 9. The Labute approximate surface area is 168 Å². The van der Waals surface area contributed by atoms with Crippen molar-refractivity contribution in [2.45, 2.75) is 26.2 Å². The molecule has 6 nitrogen and oxygen atoms in total. The molecule has 1 amide bonds. The number of thioether (sulfide) groups is 1. The van der Waals surface area contributed by atoms with Gasteiger partial charge in [-0.15, -0.1) is 0 Å². The number of amides is 1. The molecule has 0 spiro atoms. The van der Waals surface area contributed by atoms with E-state index in [0.717, 1.165) is 18.4 Å². The maximum atomic E-state index is 12.6. The summed E-state index contributed by atoms with van der Waals surface area (Å²) >= 11 is 6.47. The third-order valence-electron chi connectivity index (χ3n) is 3.88. The van der Waals surface area contributed by atoms with E-state index in [1.807, 2.05) is 18.2 Å². The average Bonchev–Trinajstić information content (AvgIpc) is 2.93. The summed E-state index contributed by atoms with van der Waals surface area (Å²) in [6.45, 7) is 2.94. The molecular weight excluding hydrogens is 386 g/mol. The van der Waals surface area contributed by atoms with Crippen LogP contribution < -0.4 is 9.47 Å². The van der Waals surface area contributed by atoms with Crippen LogP contribution in [0.4, 0.5) is 0 Å². The lowest BCUT2D eigenvalue weighted by Crippen LogP contribution is -2.30. The summed E-state index contributed by atoms with van der Waals surface area (Å²) in [5.74, 6) is 0.697. The monoisotopic (exact) mass is 409 g/mol. The molecule has 2 rings (SSSR count). The second-order valence-corrected chi connectivity index (χ2v) is 7.45. The first-order valence-electron chi connectivity index (χ1n) is 8.63. The van der Waals surface area contributed by atoms with E-state index in [4.69, 9.17) is 21.7 Å². The zero-order valence-electron chi connectivity index (χ0n) is 15.6. The summed E-state index contributed by atoms with van der Waals surface area (Å²) in [5, 5.41) is 0. The highest BCUT2D eigenvalue weighted by atomic mass is 32.2. The summed E-state index contributed by atoms with van der Waals surface area (Å²) in [7, 11) is 2.90. The molecule has 0 unspecified atom stereocenters. The first-order chi connectivity index (χ1) is 13.0. The molecule has 1 aromatic rings. The molecule has 8 heteroatoms. The lowest BCUT2D eigenvalue weighted by molar-refractivity contribution is -0.140. The second-order valence-electron chi connectivity index (χ2n) is 5.77. The predicted molar refractivity (Wildman–Crippen MR) is 110 cm³/mol. The van der Waals surface area contributed by atoms with Gasteiger partial charge < -0.3 is 14.2 Å². The molecule has 1 heterocycles. The van der Waals surface area contributed by atoms with Crippen LogP contribution >= 0.6 is 24.0 Å². The molecule has 0 N–H and O–H groups in total. The standard InChI is InChI=1S/C19H23NO5S2/c1-4-5-10-25-14-7-6-13(11-15(14)23-2)12-16-18(22)20(19(26)27-16)9-8-17(21)24-3/h6-7,11-12H,4-5,8-10H2,1-3H3. The summed E-state index contributed by atoms with van der Waals surface area (Å²) < 4.78 is 16.2. The minimum atomic E-state index is -0.378. The summed E-state index contributed by atoms with van der Waals surface area (Å²) in [6, 6.07) is 5.52. The van der Waals surface area contributed by atoms with E-state index in [1.165, 1.54) is 23.8 Å². The van der Waals surface area contributed by atoms with Gasteiger partial charge in [-0.3, -0.25) is 14.5 Å². The average molecular weight is 410 g/mol. The van der Waals surface area contributed by atoms with Crippen molar-refractivity contribution in [2.24, 2.45) is 0 Å². The molecule has 0 bridgehead atoms. The van der Waals surface area contributed by atoms with Crippen molar-refractivity contribution in [3.8, 4) is 11.5 Å². The van der Waals surface area contributed by atoms with Gasteiger partial charge in [-0.25, -0.2) is 0 Å². The second kappa shape index (κ2) is 10.3. The van der Waals surface area contributed by atoms with Gasteiger partial charge in [-0.2, -0.15) is 0 Å². The highest BCUT2D eigenvalue weighted by Gasteiger charge is 2.32. The molecule has 1 fully saturated rings. The summed E-state index contributed by atoms with van der Waals surface area (Å²) in [5.41, 5.74) is 0.808. The Balaban J connectivity index is 2.12. The minimum Gasteiger partial charge on any atom is -0.493 e. The van der Waals surface area contributed by atoms with Gasteiger partial charge in [0.1, 0.15) is 4.32 Å².